The zero-order chi connectivity index (χ0) is 19.3. The number of methoxy groups -OCH3 is 2. The van der Waals surface area contributed by atoms with Gasteiger partial charge in [0.05, 0.1) is 25.4 Å². The first-order chi connectivity index (χ1) is 12.4. The van der Waals surface area contributed by atoms with Crippen molar-refractivity contribution < 1.29 is 19.2 Å². The number of nitrogens with zero attached hydrogens (tertiary/aromatic N) is 3. The highest BCUT2D eigenvalue weighted by Gasteiger charge is 2.21. The topological polar surface area (TPSA) is 125 Å². The summed E-state index contributed by atoms with van der Waals surface area (Å²) in [4.78, 5) is 34.4. The molecule has 2 aromatic rings. The number of carbonyl (C=O) groups excluding carboxylic acids is 1. The quantitative estimate of drug-likeness (QED) is 0.467. The van der Waals surface area contributed by atoms with Crippen LogP contribution in [0.3, 0.4) is 0 Å². The third-order valence-corrected chi connectivity index (χ3v) is 3.43. The van der Waals surface area contributed by atoms with Crippen LogP contribution < -0.4 is 20.5 Å². The molecule has 0 aliphatic carbocycles. The first-order valence-electron chi connectivity index (χ1n) is 7.28. The molecule has 0 fully saturated rings. The molecule has 1 amide bonds. The number of rotatable bonds is 6. The Bertz CT molecular complexity index is 935. The van der Waals surface area contributed by atoms with Crippen LogP contribution in [0, 0.1) is 10.1 Å². The molecule has 10 nitrogen and oxygen atoms in total. The molecule has 26 heavy (non-hydrogen) atoms. The fourth-order valence-electron chi connectivity index (χ4n) is 2.17. The molecule has 0 radical (unpaired) electrons. The number of carbonyl (C=O) groups is 1. The lowest BCUT2D eigenvalue weighted by Gasteiger charge is -2.08. The van der Waals surface area contributed by atoms with E-state index in [0.717, 1.165) is 0 Å². The molecule has 0 saturated carbocycles. The standard InChI is InChI=1S/C16H16N4O6/c1-19-6-4-5-11(16(19)22)15(21)18-17-9-10-7-12(20(23)24)14(26-3)13(8-10)25-2/h4-9H,1-3H3,(H,18,21)/b17-9-. The van der Waals surface area contributed by atoms with Crippen molar-refractivity contribution >= 4 is 17.8 Å². The largest absolute Gasteiger partial charge is 0.493 e. The Morgan fingerprint density at radius 3 is 2.69 bits per heavy atom. The molecule has 136 valence electrons. The van der Waals surface area contributed by atoms with Crippen LogP contribution in [-0.4, -0.2) is 35.8 Å². The number of hydrogen-bond donors (Lipinski definition) is 1. The Labute approximate surface area is 147 Å². The number of hydrazone groups is 1. The lowest BCUT2D eigenvalue weighted by atomic mass is 10.2. The zero-order valence-electron chi connectivity index (χ0n) is 14.3. The van der Waals surface area contributed by atoms with Gasteiger partial charge in [-0.25, -0.2) is 5.43 Å². The van der Waals surface area contributed by atoms with E-state index in [1.165, 1.54) is 56.4 Å². The van der Waals surface area contributed by atoms with Crippen LogP contribution in [-0.2, 0) is 7.05 Å². The summed E-state index contributed by atoms with van der Waals surface area (Å²) < 4.78 is 11.3. The first-order valence-corrected chi connectivity index (χ1v) is 7.28. The van der Waals surface area contributed by atoms with E-state index < -0.39 is 16.4 Å². The molecule has 1 N–H and O–H groups in total. The van der Waals surface area contributed by atoms with Crippen LogP contribution in [0.15, 0.2) is 40.4 Å². The molecule has 1 heterocycles. The molecule has 10 heteroatoms. The summed E-state index contributed by atoms with van der Waals surface area (Å²) in [6, 6.07) is 5.60. The van der Waals surface area contributed by atoms with E-state index in [2.05, 4.69) is 10.5 Å². The van der Waals surface area contributed by atoms with Gasteiger partial charge in [-0.05, 0) is 18.2 Å². The fraction of sp³-hybridized carbons (Fsp3) is 0.188. The summed E-state index contributed by atoms with van der Waals surface area (Å²) in [6.45, 7) is 0. The summed E-state index contributed by atoms with van der Waals surface area (Å²) in [5.41, 5.74) is 1.65. The van der Waals surface area contributed by atoms with Crippen LogP contribution in [0.4, 0.5) is 5.69 Å². The van der Waals surface area contributed by atoms with Crippen molar-refractivity contribution in [3.05, 3.63) is 62.1 Å². The predicted octanol–water partition coefficient (Wildman–Crippen LogP) is 1.07. The number of ether oxygens (including phenoxy) is 2. The molecule has 1 aromatic heterocycles. The van der Waals surface area contributed by atoms with Crippen molar-refractivity contribution in [2.45, 2.75) is 0 Å². The average molecular weight is 360 g/mol. The smallest absolute Gasteiger partial charge is 0.315 e. The van der Waals surface area contributed by atoms with Crippen LogP contribution >= 0.6 is 0 Å². The van der Waals surface area contributed by atoms with Gasteiger partial charge in [0, 0.05) is 24.9 Å². The third-order valence-electron chi connectivity index (χ3n) is 3.43. The maximum Gasteiger partial charge on any atom is 0.315 e. The number of nitrogens with one attached hydrogen (secondary N) is 1. The number of benzene rings is 1. The highest BCUT2D eigenvalue weighted by atomic mass is 16.6. The van der Waals surface area contributed by atoms with Gasteiger partial charge in [-0.2, -0.15) is 5.10 Å². The van der Waals surface area contributed by atoms with Crippen LogP contribution in [0.1, 0.15) is 15.9 Å². The number of hydrogen-bond acceptors (Lipinski definition) is 7. The van der Waals surface area contributed by atoms with Gasteiger partial charge in [0.2, 0.25) is 5.75 Å². The average Bonchev–Trinajstić information content (AvgIpc) is 2.62. The molecule has 0 spiro atoms. The molecule has 0 saturated heterocycles. The van der Waals surface area contributed by atoms with Gasteiger partial charge in [-0.3, -0.25) is 19.7 Å². The van der Waals surface area contributed by atoms with E-state index in [-0.39, 0.29) is 22.7 Å². The van der Waals surface area contributed by atoms with Crippen molar-refractivity contribution in [2.24, 2.45) is 12.1 Å². The van der Waals surface area contributed by atoms with E-state index in [4.69, 9.17) is 9.47 Å². The first kappa shape index (κ1) is 18.6. The minimum atomic E-state index is -0.697. The highest BCUT2D eigenvalue weighted by molar-refractivity contribution is 5.94. The van der Waals surface area contributed by atoms with Crippen molar-refractivity contribution in [3.8, 4) is 11.5 Å². The second-order valence-electron chi connectivity index (χ2n) is 5.07. The van der Waals surface area contributed by atoms with Crippen molar-refractivity contribution in [1.29, 1.82) is 0 Å². The van der Waals surface area contributed by atoms with E-state index in [9.17, 15) is 19.7 Å². The molecule has 0 bridgehead atoms. The summed E-state index contributed by atoms with van der Waals surface area (Å²) in [5.74, 6) is -0.574. The van der Waals surface area contributed by atoms with Gasteiger partial charge in [0.1, 0.15) is 5.56 Å². The number of amides is 1. The number of nitro benzene ring substituents is 1. The normalized spacial score (nSPS) is 10.6. The second-order valence-corrected chi connectivity index (χ2v) is 5.07. The van der Waals surface area contributed by atoms with E-state index in [1.54, 1.807) is 6.07 Å². The Morgan fingerprint density at radius 2 is 2.08 bits per heavy atom. The minimum absolute atomic E-state index is 0.0218. The Kier molecular flexibility index (Phi) is 5.68. The monoisotopic (exact) mass is 360 g/mol. The fourth-order valence-corrected chi connectivity index (χ4v) is 2.17. The molecule has 0 atom stereocenters. The van der Waals surface area contributed by atoms with E-state index >= 15 is 0 Å². The molecular weight excluding hydrogens is 344 g/mol. The van der Waals surface area contributed by atoms with Crippen LogP contribution in [0.2, 0.25) is 0 Å². The lowest BCUT2D eigenvalue weighted by Crippen LogP contribution is -2.29. The zero-order valence-corrected chi connectivity index (χ0v) is 14.3. The maximum absolute atomic E-state index is 12.0. The number of aryl methyl sites for hydroxylation is 1. The van der Waals surface area contributed by atoms with Gasteiger partial charge in [-0.1, -0.05) is 0 Å². The van der Waals surface area contributed by atoms with Crippen molar-refractivity contribution in [3.63, 3.8) is 0 Å². The summed E-state index contributed by atoms with van der Waals surface area (Å²) >= 11 is 0. The molecule has 2 rings (SSSR count). The summed E-state index contributed by atoms with van der Waals surface area (Å²) in [7, 11) is 4.15. The number of aromatic nitrogens is 1. The maximum atomic E-state index is 12.0. The van der Waals surface area contributed by atoms with Crippen LogP contribution in [0.5, 0.6) is 11.5 Å². The lowest BCUT2D eigenvalue weighted by molar-refractivity contribution is -0.385. The molecule has 0 unspecified atom stereocenters. The Hall–Kier alpha value is -3.69. The van der Waals surface area contributed by atoms with Crippen LogP contribution in [0.25, 0.3) is 0 Å². The second kappa shape index (κ2) is 7.92. The van der Waals surface area contributed by atoms with Gasteiger partial charge in [0.15, 0.2) is 5.75 Å². The highest BCUT2D eigenvalue weighted by Crippen LogP contribution is 2.37. The third kappa shape index (κ3) is 3.86. The minimum Gasteiger partial charge on any atom is -0.493 e. The number of nitro groups is 1. The van der Waals surface area contributed by atoms with E-state index in [0.29, 0.717) is 5.56 Å². The van der Waals surface area contributed by atoms with Gasteiger partial charge in [-0.15, -0.1) is 0 Å². The Balaban J connectivity index is 2.26. The van der Waals surface area contributed by atoms with Crippen molar-refractivity contribution in [2.75, 3.05) is 14.2 Å². The predicted molar refractivity (Wildman–Crippen MR) is 92.9 cm³/mol. The van der Waals surface area contributed by atoms with E-state index in [1.807, 2.05) is 0 Å². The number of pyridine rings is 1. The van der Waals surface area contributed by atoms with Gasteiger partial charge < -0.3 is 14.0 Å². The molecular formula is C16H16N4O6. The SMILES string of the molecule is COc1cc(/C=N\NC(=O)c2cccn(C)c2=O)cc([N+](=O)[O-])c1OC. The summed E-state index contributed by atoms with van der Waals surface area (Å²) in [6.07, 6.45) is 2.71. The molecule has 0 aliphatic heterocycles. The summed E-state index contributed by atoms with van der Waals surface area (Å²) in [5, 5.41) is 14.9. The van der Waals surface area contributed by atoms with Crippen molar-refractivity contribution in [1.82, 2.24) is 9.99 Å². The van der Waals surface area contributed by atoms with Gasteiger partial charge >= 0.3 is 5.69 Å². The molecule has 0 aliphatic rings. The molecule has 1 aromatic carbocycles. The Morgan fingerprint density at radius 1 is 1.35 bits per heavy atom. The van der Waals surface area contributed by atoms with Gasteiger partial charge in [0.25, 0.3) is 11.5 Å².